The molecule has 1 saturated heterocycles. The van der Waals surface area contributed by atoms with Crippen molar-refractivity contribution < 1.29 is 23.0 Å². The molecular weight excluding hydrogens is 588 g/mol. The Hall–Kier alpha value is -3.58. The summed E-state index contributed by atoms with van der Waals surface area (Å²) in [5, 5.41) is 20.1. The molecule has 40 heavy (non-hydrogen) atoms. The number of aliphatic hydroxyl groups excluding tert-OH is 1. The Morgan fingerprint density at radius 3 is 2.33 bits per heavy atom. The molecular formula is C26H21Cl2F3N6O2S. The Morgan fingerprint density at radius 2 is 1.70 bits per heavy atom. The molecule has 8 nitrogen and oxygen atoms in total. The van der Waals surface area contributed by atoms with Gasteiger partial charge in [-0.1, -0.05) is 65.3 Å². The van der Waals surface area contributed by atoms with Crippen molar-refractivity contribution >= 4 is 69.9 Å². The van der Waals surface area contributed by atoms with Crippen molar-refractivity contribution in [2.45, 2.75) is 24.8 Å². The van der Waals surface area contributed by atoms with E-state index in [-0.39, 0.29) is 16.8 Å². The Bertz CT molecular complexity index is 1440. The quantitative estimate of drug-likeness (QED) is 0.178. The summed E-state index contributed by atoms with van der Waals surface area (Å²) in [4.78, 5) is 9.67. The second-order valence-corrected chi connectivity index (χ2v) is 10.4. The number of alkyl halides is 3. The third kappa shape index (κ3) is 7.54. The molecule has 2 atom stereocenters. The van der Waals surface area contributed by atoms with E-state index >= 15 is 0 Å². The predicted octanol–water partition coefficient (Wildman–Crippen LogP) is 6.61. The summed E-state index contributed by atoms with van der Waals surface area (Å²) in [7, 11) is 0. The maximum atomic E-state index is 12.3. The summed E-state index contributed by atoms with van der Waals surface area (Å²) in [5.74, 6) is -0.164. The van der Waals surface area contributed by atoms with Crippen molar-refractivity contribution in [1.82, 2.24) is 0 Å². The van der Waals surface area contributed by atoms with Gasteiger partial charge < -0.3 is 15.6 Å². The summed E-state index contributed by atoms with van der Waals surface area (Å²) in [6.45, 7) is 1.86. The fourth-order valence-corrected chi connectivity index (χ4v) is 5.04. The Morgan fingerprint density at radius 1 is 1.05 bits per heavy atom. The molecule has 0 bridgehead atoms. The van der Waals surface area contributed by atoms with Crippen molar-refractivity contribution in [2.75, 3.05) is 4.90 Å². The lowest BCUT2D eigenvalue weighted by Crippen LogP contribution is -2.36. The lowest BCUT2D eigenvalue weighted by molar-refractivity contribution is -0.274. The highest BCUT2D eigenvalue weighted by atomic mass is 35.5. The van der Waals surface area contributed by atoms with Gasteiger partial charge in [0, 0.05) is 5.56 Å². The fraction of sp³-hybridized carbons (Fsp3) is 0.154. The number of hydrogen-bond acceptors (Lipinski definition) is 6. The van der Waals surface area contributed by atoms with Crippen LogP contribution in [0.15, 0.2) is 86.9 Å². The molecule has 208 valence electrons. The number of para-hydroxylation sites is 1. The average molecular weight is 609 g/mol. The number of benzene rings is 3. The molecule has 0 radical (unpaired) electrons. The molecule has 14 heteroatoms. The number of hydrogen-bond donors (Lipinski definition) is 2. The number of anilines is 1. The van der Waals surface area contributed by atoms with Gasteiger partial charge in [-0.3, -0.25) is 4.90 Å². The third-order valence-corrected chi connectivity index (χ3v) is 7.11. The van der Waals surface area contributed by atoms with Crippen LogP contribution in [0.1, 0.15) is 18.1 Å². The second kappa shape index (κ2) is 12.7. The molecule has 3 N–H and O–H groups in total. The van der Waals surface area contributed by atoms with Gasteiger partial charge >= 0.3 is 6.36 Å². The molecule has 0 spiro atoms. The molecule has 4 rings (SSSR count). The van der Waals surface area contributed by atoms with Crippen LogP contribution in [0.5, 0.6) is 5.75 Å². The minimum Gasteiger partial charge on any atom is -0.406 e. The minimum atomic E-state index is -4.76. The van der Waals surface area contributed by atoms with E-state index in [2.05, 4.69) is 24.9 Å². The first-order chi connectivity index (χ1) is 19.0. The van der Waals surface area contributed by atoms with Crippen LogP contribution in [-0.4, -0.2) is 46.5 Å². The van der Waals surface area contributed by atoms with Crippen LogP contribution in [0, 0.1) is 0 Å². The van der Waals surface area contributed by atoms with Crippen molar-refractivity contribution in [2.24, 2.45) is 25.9 Å². The zero-order chi connectivity index (χ0) is 28.9. The number of nitrogens with two attached hydrogens (primary N) is 1. The highest BCUT2D eigenvalue weighted by molar-refractivity contribution is 8.15. The van der Waals surface area contributed by atoms with E-state index in [4.69, 9.17) is 28.9 Å². The van der Waals surface area contributed by atoms with E-state index in [1.165, 1.54) is 30.2 Å². The number of amidine groups is 2. The average Bonchev–Trinajstić information content (AvgIpc) is 3.17. The number of thioether (sulfide) groups is 1. The van der Waals surface area contributed by atoms with E-state index in [0.717, 1.165) is 17.7 Å². The summed E-state index contributed by atoms with van der Waals surface area (Å²) in [6, 6.07) is 17.1. The van der Waals surface area contributed by atoms with Gasteiger partial charge in [0.2, 0.25) is 0 Å². The van der Waals surface area contributed by atoms with Crippen LogP contribution < -0.4 is 15.4 Å². The molecule has 2 unspecified atom stereocenters. The van der Waals surface area contributed by atoms with E-state index in [9.17, 15) is 18.3 Å². The molecule has 0 aliphatic carbocycles. The van der Waals surface area contributed by atoms with Crippen LogP contribution in [0.3, 0.4) is 0 Å². The number of halogens is 5. The first-order valence-corrected chi connectivity index (χ1v) is 13.2. The lowest BCUT2D eigenvalue weighted by atomic mass is 10.1. The minimum absolute atomic E-state index is 0.182. The van der Waals surface area contributed by atoms with Gasteiger partial charge in [0.25, 0.3) is 0 Å². The standard InChI is InChI=1S/C26H21Cl2F3N6O2S/c1-15-24(38)37(22-20(27)3-2-4-21(22)28)25(40-15)36-35-13-16-5-7-17(8-6-16)23(32)34-14-33-18-9-11-19(12-10-18)39-26(29,30)31/h2-15,24,38H,1H3,(H2,32,33,34)/b35-13+,36-25-. The van der Waals surface area contributed by atoms with Crippen molar-refractivity contribution in [3.63, 3.8) is 0 Å². The Kier molecular flexibility index (Phi) is 9.36. The summed E-state index contributed by atoms with van der Waals surface area (Å²) in [5.41, 5.74) is 8.19. The number of ether oxygens (including phenoxy) is 1. The van der Waals surface area contributed by atoms with E-state index in [1.807, 2.05) is 6.92 Å². The number of aliphatic imine (C=N–C) groups is 2. The first kappa shape index (κ1) is 29.4. The number of nitrogens with zero attached hydrogens (tertiary/aromatic N) is 5. The van der Waals surface area contributed by atoms with Gasteiger partial charge in [0.15, 0.2) is 5.17 Å². The maximum Gasteiger partial charge on any atom is 0.573 e. The van der Waals surface area contributed by atoms with Gasteiger partial charge in [0.1, 0.15) is 24.2 Å². The van der Waals surface area contributed by atoms with Gasteiger partial charge in [-0.15, -0.1) is 18.3 Å². The molecule has 3 aromatic carbocycles. The predicted molar refractivity (Wildman–Crippen MR) is 155 cm³/mol. The molecule has 1 aliphatic heterocycles. The molecule has 0 aromatic heterocycles. The van der Waals surface area contributed by atoms with Crippen LogP contribution in [0.25, 0.3) is 0 Å². The third-order valence-electron chi connectivity index (χ3n) is 5.39. The van der Waals surface area contributed by atoms with Crippen molar-refractivity contribution in [1.29, 1.82) is 0 Å². The largest absolute Gasteiger partial charge is 0.573 e. The smallest absolute Gasteiger partial charge is 0.406 e. The van der Waals surface area contributed by atoms with Crippen molar-refractivity contribution in [3.8, 4) is 5.75 Å². The van der Waals surface area contributed by atoms with Crippen LogP contribution in [0.2, 0.25) is 10.0 Å². The monoisotopic (exact) mass is 608 g/mol. The van der Waals surface area contributed by atoms with Gasteiger partial charge in [0.05, 0.1) is 32.9 Å². The van der Waals surface area contributed by atoms with Crippen LogP contribution in [-0.2, 0) is 0 Å². The zero-order valence-corrected chi connectivity index (χ0v) is 23.0. The van der Waals surface area contributed by atoms with E-state index in [0.29, 0.717) is 32.2 Å². The topological polar surface area (TPSA) is 108 Å². The Balaban J connectivity index is 1.41. The van der Waals surface area contributed by atoms with Crippen LogP contribution >= 0.6 is 35.0 Å². The van der Waals surface area contributed by atoms with Crippen LogP contribution in [0.4, 0.5) is 24.5 Å². The highest BCUT2D eigenvalue weighted by Crippen LogP contribution is 2.41. The number of rotatable bonds is 7. The highest BCUT2D eigenvalue weighted by Gasteiger charge is 2.38. The molecule has 0 saturated carbocycles. The Labute approximate surface area is 241 Å². The summed E-state index contributed by atoms with van der Waals surface area (Å²) < 4.78 is 40.6. The first-order valence-electron chi connectivity index (χ1n) is 11.5. The maximum absolute atomic E-state index is 12.3. The van der Waals surface area contributed by atoms with Gasteiger partial charge in [-0.05, 0) is 48.9 Å². The SMILES string of the molecule is CC1S/C(=N\N=C\c2ccc(C(N)=NC=Nc3ccc(OC(F)(F)F)cc3)cc2)N(c2c(Cl)cccc2Cl)C1O. The molecule has 1 fully saturated rings. The second-order valence-electron chi connectivity index (χ2n) is 8.23. The molecule has 0 amide bonds. The zero-order valence-electron chi connectivity index (χ0n) is 20.6. The number of aliphatic hydroxyl groups is 1. The van der Waals surface area contributed by atoms with Gasteiger partial charge in [-0.25, -0.2) is 9.98 Å². The summed E-state index contributed by atoms with van der Waals surface area (Å²) in [6.07, 6.45) is -2.90. The van der Waals surface area contributed by atoms with Gasteiger partial charge in [-0.2, -0.15) is 5.10 Å². The lowest BCUT2D eigenvalue weighted by Gasteiger charge is -2.24. The van der Waals surface area contributed by atoms with Crippen molar-refractivity contribution in [3.05, 3.63) is 87.9 Å². The normalized spacial score (nSPS) is 19.3. The summed E-state index contributed by atoms with van der Waals surface area (Å²) >= 11 is 14.0. The molecule has 3 aromatic rings. The molecule has 1 aliphatic rings. The van der Waals surface area contributed by atoms with E-state index < -0.39 is 12.6 Å². The molecule has 1 heterocycles. The fourth-order valence-electron chi connectivity index (χ4n) is 3.48. The van der Waals surface area contributed by atoms with E-state index in [1.54, 1.807) is 53.6 Å².